The van der Waals surface area contributed by atoms with Crippen LogP contribution in [0.2, 0.25) is 0 Å². The smallest absolute Gasteiger partial charge is 0.306 e. The van der Waals surface area contributed by atoms with E-state index in [-0.39, 0.29) is 35.6 Å². The zero-order valence-corrected chi connectivity index (χ0v) is 19.4. The Morgan fingerprint density at radius 1 is 1.20 bits per heavy atom. The first-order valence-electron chi connectivity index (χ1n) is 11.3. The molecule has 1 aromatic carbocycles. The molecule has 1 fully saturated rings. The number of nitrogens with one attached hydrogen (secondary N) is 1. The van der Waals surface area contributed by atoms with Crippen LogP contribution < -0.4 is 10.1 Å². The Morgan fingerprint density at radius 3 is 2.69 bits per heavy atom. The van der Waals surface area contributed by atoms with E-state index in [0.717, 1.165) is 12.8 Å². The van der Waals surface area contributed by atoms with Gasteiger partial charge in [-0.3, -0.25) is 9.59 Å². The molecule has 12 heteroatoms. The normalized spacial score (nSPS) is 17.7. The van der Waals surface area contributed by atoms with Gasteiger partial charge in [0.15, 0.2) is 11.6 Å². The zero-order valence-electron chi connectivity index (χ0n) is 19.4. The highest BCUT2D eigenvalue weighted by molar-refractivity contribution is 5.93. The van der Waals surface area contributed by atoms with E-state index < -0.39 is 17.7 Å². The van der Waals surface area contributed by atoms with E-state index in [1.54, 1.807) is 13.0 Å². The number of nitrogens with zero attached hydrogens (tertiary/aromatic N) is 6. The fourth-order valence-corrected chi connectivity index (χ4v) is 4.13. The number of carbonyl (C=O) groups is 2. The molecular weight excluding hydrogens is 457 g/mol. The number of amides is 1. The molecule has 0 unspecified atom stereocenters. The molecule has 0 bridgehead atoms. The number of benzene rings is 1. The lowest BCUT2D eigenvalue weighted by atomic mass is 9.82. The number of hydrogen-bond donors (Lipinski definition) is 2. The molecule has 0 aliphatic heterocycles. The molecule has 4 rings (SSSR count). The van der Waals surface area contributed by atoms with Gasteiger partial charge in [-0.25, -0.2) is 14.4 Å². The van der Waals surface area contributed by atoms with Gasteiger partial charge in [-0.1, -0.05) is 6.07 Å². The van der Waals surface area contributed by atoms with Crippen molar-refractivity contribution in [3.05, 3.63) is 47.2 Å². The molecule has 1 aliphatic rings. The minimum Gasteiger partial charge on any atom is -0.494 e. The maximum Gasteiger partial charge on any atom is 0.306 e. The van der Waals surface area contributed by atoms with Gasteiger partial charge in [0.05, 0.1) is 19.6 Å². The second-order valence-corrected chi connectivity index (χ2v) is 8.56. The first kappa shape index (κ1) is 24.2. The quantitative estimate of drug-likeness (QED) is 0.493. The van der Waals surface area contributed by atoms with E-state index in [1.165, 1.54) is 30.1 Å². The number of rotatable bonds is 8. The second kappa shape index (κ2) is 10.5. The van der Waals surface area contributed by atoms with E-state index in [0.29, 0.717) is 36.5 Å². The Hall–Kier alpha value is -3.96. The molecule has 184 valence electrons. The molecule has 0 radical (unpaired) electrons. The summed E-state index contributed by atoms with van der Waals surface area (Å²) in [5.74, 6) is -0.890. The van der Waals surface area contributed by atoms with Crippen LogP contribution in [0.1, 0.15) is 47.6 Å². The molecule has 11 nitrogen and oxygen atoms in total. The molecule has 1 saturated carbocycles. The number of ether oxygens (including phenoxy) is 1. The Morgan fingerprint density at radius 2 is 1.97 bits per heavy atom. The van der Waals surface area contributed by atoms with Gasteiger partial charge in [0, 0.05) is 6.54 Å². The van der Waals surface area contributed by atoms with Crippen molar-refractivity contribution in [3.8, 4) is 17.3 Å². The van der Waals surface area contributed by atoms with E-state index in [1.807, 2.05) is 0 Å². The standard InChI is InChI=1S/C23H26FN7O4/c1-13-26-18(21-28-30-31(29-21)12-14-3-6-16(7-4-14)23(33)34)10-19(27-13)22(32)25-11-15-5-8-17(24)20(9-15)35-2/h5,8-10,14,16H,3-4,6-7,11-12H2,1-2H3,(H,25,32)(H,33,34). The summed E-state index contributed by atoms with van der Waals surface area (Å²) >= 11 is 0. The summed E-state index contributed by atoms with van der Waals surface area (Å²) in [6, 6.07) is 5.85. The van der Waals surface area contributed by atoms with Crippen molar-refractivity contribution in [2.45, 2.75) is 45.7 Å². The van der Waals surface area contributed by atoms with E-state index >= 15 is 0 Å². The number of aryl methyl sites for hydroxylation is 1. The molecule has 0 spiro atoms. The third kappa shape index (κ3) is 5.94. The zero-order chi connectivity index (χ0) is 24.9. The highest BCUT2D eigenvalue weighted by Crippen LogP contribution is 2.29. The lowest BCUT2D eigenvalue weighted by Crippen LogP contribution is -2.24. The molecule has 1 aliphatic carbocycles. The van der Waals surface area contributed by atoms with Crippen LogP contribution in [-0.2, 0) is 17.9 Å². The van der Waals surface area contributed by atoms with Gasteiger partial charge < -0.3 is 15.2 Å². The SMILES string of the molecule is COc1cc(CNC(=O)c2cc(-c3nnn(CC4CCC(C(=O)O)CC4)n3)nc(C)n2)ccc1F. The van der Waals surface area contributed by atoms with Gasteiger partial charge in [0.1, 0.15) is 17.2 Å². The molecule has 0 saturated heterocycles. The number of tetrazole rings is 1. The molecule has 35 heavy (non-hydrogen) atoms. The third-order valence-corrected chi connectivity index (χ3v) is 6.04. The number of halogens is 1. The molecule has 2 aromatic heterocycles. The van der Waals surface area contributed by atoms with Crippen LogP contribution in [0, 0.1) is 24.6 Å². The first-order chi connectivity index (χ1) is 16.8. The summed E-state index contributed by atoms with van der Waals surface area (Å²) in [6.07, 6.45) is 2.89. The lowest BCUT2D eigenvalue weighted by Gasteiger charge is -2.25. The summed E-state index contributed by atoms with van der Waals surface area (Å²) < 4.78 is 18.6. The van der Waals surface area contributed by atoms with E-state index in [9.17, 15) is 14.0 Å². The van der Waals surface area contributed by atoms with Crippen molar-refractivity contribution in [2.75, 3.05) is 7.11 Å². The summed E-state index contributed by atoms with van der Waals surface area (Å²) in [6.45, 7) is 2.36. The van der Waals surface area contributed by atoms with Crippen molar-refractivity contribution in [1.29, 1.82) is 0 Å². The minimum absolute atomic E-state index is 0.0982. The van der Waals surface area contributed by atoms with Crippen LogP contribution in [0.3, 0.4) is 0 Å². The van der Waals surface area contributed by atoms with E-state index in [2.05, 4.69) is 30.7 Å². The summed E-state index contributed by atoms with van der Waals surface area (Å²) in [5.41, 5.74) is 1.18. The van der Waals surface area contributed by atoms with Crippen molar-refractivity contribution < 1.29 is 23.8 Å². The predicted octanol–water partition coefficient (Wildman–Crippen LogP) is 2.41. The second-order valence-electron chi connectivity index (χ2n) is 8.56. The Kier molecular flexibility index (Phi) is 7.28. The summed E-state index contributed by atoms with van der Waals surface area (Å²) in [4.78, 5) is 33.9. The maximum atomic E-state index is 13.6. The van der Waals surface area contributed by atoms with Gasteiger partial charge >= 0.3 is 5.97 Å². The summed E-state index contributed by atoms with van der Waals surface area (Å²) in [5, 5.41) is 24.5. The maximum absolute atomic E-state index is 13.6. The first-order valence-corrected chi connectivity index (χ1v) is 11.3. The van der Waals surface area contributed by atoms with Crippen LogP contribution >= 0.6 is 0 Å². The Bertz CT molecular complexity index is 1220. The number of methoxy groups -OCH3 is 1. The number of carbonyl (C=O) groups excluding carboxylic acids is 1. The third-order valence-electron chi connectivity index (χ3n) is 6.04. The van der Waals surface area contributed by atoms with Crippen LogP contribution in [-0.4, -0.2) is 54.3 Å². The monoisotopic (exact) mass is 483 g/mol. The van der Waals surface area contributed by atoms with Crippen molar-refractivity contribution in [1.82, 2.24) is 35.5 Å². The highest BCUT2D eigenvalue weighted by atomic mass is 19.1. The molecule has 3 aromatic rings. The fraction of sp³-hybridized carbons (Fsp3) is 0.435. The van der Waals surface area contributed by atoms with Crippen molar-refractivity contribution in [2.24, 2.45) is 11.8 Å². The number of aliphatic carboxylic acids is 1. The number of hydrogen-bond acceptors (Lipinski definition) is 8. The van der Waals surface area contributed by atoms with Gasteiger partial charge in [-0.05, 0) is 67.5 Å². The Labute approximate surface area is 200 Å². The fourth-order valence-electron chi connectivity index (χ4n) is 4.13. The largest absolute Gasteiger partial charge is 0.494 e. The molecule has 1 amide bonds. The summed E-state index contributed by atoms with van der Waals surface area (Å²) in [7, 11) is 1.38. The molecule has 2 heterocycles. The van der Waals surface area contributed by atoms with E-state index in [4.69, 9.17) is 9.84 Å². The van der Waals surface area contributed by atoms with Crippen LogP contribution in [0.5, 0.6) is 5.75 Å². The van der Waals surface area contributed by atoms with Gasteiger partial charge in [-0.15, -0.1) is 10.2 Å². The lowest BCUT2D eigenvalue weighted by molar-refractivity contribution is -0.143. The van der Waals surface area contributed by atoms with Crippen LogP contribution in [0.4, 0.5) is 4.39 Å². The highest BCUT2D eigenvalue weighted by Gasteiger charge is 2.26. The van der Waals surface area contributed by atoms with Gasteiger partial charge in [-0.2, -0.15) is 4.80 Å². The van der Waals surface area contributed by atoms with Gasteiger partial charge in [0.2, 0.25) is 5.82 Å². The van der Waals surface area contributed by atoms with Crippen LogP contribution in [0.25, 0.3) is 11.5 Å². The molecular formula is C23H26FN7O4. The van der Waals surface area contributed by atoms with Crippen molar-refractivity contribution >= 4 is 11.9 Å². The number of carboxylic acids is 1. The molecule has 0 atom stereocenters. The number of carboxylic acid groups (broad SMARTS) is 1. The molecule has 2 N–H and O–H groups in total. The number of aromatic nitrogens is 6. The topological polar surface area (TPSA) is 145 Å². The van der Waals surface area contributed by atoms with Gasteiger partial charge in [0.25, 0.3) is 5.91 Å². The minimum atomic E-state index is -0.735. The Balaban J connectivity index is 1.40. The predicted molar refractivity (Wildman–Crippen MR) is 121 cm³/mol. The average molecular weight is 484 g/mol. The average Bonchev–Trinajstić information content (AvgIpc) is 3.31. The van der Waals surface area contributed by atoms with Crippen LogP contribution in [0.15, 0.2) is 24.3 Å². The van der Waals surface area contributed by atoms with Crippen molar-refractivity contribution in [3.63, 3.8) is 0 Å².